The average Bonchev–Trinajstić information content (AvgIpc) is 2.97. The number of tetrazole rings is 1. The van der Waals surface area contributed by atoms with Crippen molar-refractivity contribution in [3.05, 3.63) is 35.1 Å². The van der Waals surface area contributed by atoms with Crippen LogP contribution in [0.1, 0.15) is 12.7 Å². The predicted octanol–water partition coefficient (Wildman–Crippen LogP) is 0.781. The molecule has 1 aromatic heterocycles. The normalized spacial score (nSPS) is 20.4. The molecular formula is C14H19ClN6O2S. The van der Waals surface area contributed by atoms with Crippen LogP contribution in [0.15, 0.2) is 24.3 Å². The van der Waals surface area contributed by atoms with Crippen molar-refractivity contribution < 1.29 is 8.42 Å². The van der Waals surface area contributed by atoms with Gasteiger partial charge in [-0.3, -0.25) is 4.90 Å². The summed E-state index contributed by atoms with van der Waals surface area (Å²) < 4.78 is 26.5. The van der Waals surface area contributed by atoms with Gasteiger partial charge in [-0.25, -0.2) is 8.42 Å². The van der Waals surface area contributed by atoms with E-state index in [2.05, 4.69) is 20.4 Å². The van der Waals surface area contributed by atoms with Crippen LogP contribution in [0.25, 0.3) is 5.69 Å². The summed E-state index contributed by atoms with van der Waals surface area (Å²) >= 11 is 5.92. The van der Waals surface area contributed by atoms with Gasteiger partial charge < -0.3 is 0 Å². The maximum atomic E-state index is 11.7. The van der Waals surface area contributed by atoms with Gasteiger partial charge in [0.25, 0.3) is 0 Å². The average molecular weight is 371 g/mol. The molecule has 0 aliphatic carbocycles. The predicted molar refractivity (Wildman–Crippen MR) is 90.5 cm³/mol. The summed E-state index contributed by atoms with van der Waals surface area (Å²) in [6.45, 7) is 4.15. The maximum Gasteiger partial charge on any atom is 0.211 e. The minimum atomic E-state index is -3.15. The highest BCUT2D eigenvalue weighted by Gasteiger charge is 2.29. The standard InChI is InChI=1S/C14H19ClN6O2S/c1-11-9-20(24(2,22)23)8-7-19(11)10-14-16-17-18-21(14)13-5-3-12(15)4-6-13/h3-6,11H,7-10H2,1-2H3/t11-/m1/s1. The molecule has 0 saturated carbocycles. The van der Waals surface area contributed by atoms with Gasteiger partial charge in [-0.05, 0) is 41.6 Å². The first-order valence-electron chi connectivity index (χ1n) is 7.57. The number of aromatic nitrogens is 4. The van der Waals surface area contributed by atoms with Crippen molar-refractivity contribution in [1.82, 2.24) is 29.4 Å². The monoisotopic (exact) mass is 370 g/mol. The Bertz CT molecular complexity index is 807. The zero-order chi connectivity index (χ0) is 17.3. The quantitative estimate of drug-likeness (QED) is 0.790. The number of nitrogens with zero attached hydrogens (tertiary/aromatic N) is 6. The van der Waals surface area contributed by atoms with E-state index in [1.54, 1.807) is 16.8 Å². The fourth-order valence-corrected chi connectivity index (χ4v) is 3.79. The first kappa shape index (κ1) is 17.3. The zero-order valence-electron chi connectivity index (χ0n) is 13.5. The van der Waals surface area contributed by atoms with E-state index in [1.165, 1.54) is 10.6 Å². The first-order valence-corrected chi connectivity index (χ1v) is 9.79. The van der Waals surface area contributed by atoms with Crippen LogP contribution in [0.5, 0.6) is 0 Å². The Morgan fingerprint density at radius 1 is 1.25 bits per heavy atom. The maximum absolute atomic E-state index is 11.7. The van der Waals surface area contributed by atoms with Crippen molar-refractivity contribution in [3.63, 3.8) is 0 Å². The van der Waals surface area contributed by atoms with Crippen LogP contribution in [0.4, 0.5) is 0 Å². The van der Waals surface area contributed by atoms with Gasteiger partial charge in [0.2, 0.25) is 10.0 Å². The van der Waals surface area contributed by atoms with E-state index in [1.807, 2.05) is 19.1 Å². The SMILES string of the molecule is C[C@@H]1CN(S(C)(=O)=O)CCN1Cc1nnnn1-c1ccc(Cl)cc1. The number of piperazine rings is 1. The molecule has 130 valence electrons. The number of benzene rings is 1. The molecule has 1 atom stereocenters. The Morgan fingerprint density at radius 3 is 2.58 bits per heavy atom. The third kappa shape index (κ3) is 3.75. The van der Waals surface area contributed by atoms with Crippen molar-refractivity contribution >= 4 is 21.6 Å². The van der Waals surface area contributed by atoms with Crippen LogP contribution in [0.2, 0.25) is 5.02 Å². The lowest BCUT2D eigenvalue weighted by Crippen LogP contribution is -2.53. The van der Waals surface area contributed by atoms with Gasteiger partial charge in [0, 0.05) is 30.7 Å². The molecule has 3 rings (SSSR count). The number of hydrogen-bond acceptors (Lipinski definition) is 6. The van der Waals surface area contributed by atoms with E-state index in [0.29, 0.717) is 37.0 Å². The summed E-state index contributed by atoms with van der Waals surface area (Å²) in [6, 6.07) is 7.37. The second-order valence-corrected chi connectivity index (χ2v) is 8.34. The molecule has 0 radical (unpaired) electrons. The van der Waals surface area contributed by atoms with E-state index < -0.39 is 10.0 Å². The molecule has 2 aromatic rings. The smallest absolute Gasteiger partial charge is 0.211 e. The van der Waals surface area contributed by atoms with Gasteiger partial charge in [0.1, 0.15) is 0 Å². The summed E-state index contributed by atoms with van der Waals surface area (Å²) in [5.74, 6) is 0.706. The summed E-state index contributed by atoms with van der Waals surface area (Å²) in [5, 5.41) is 12.6. The molecule has 1 aliphatic rings. The van der Waals surface area contributed by atoms with Crippen LogP contribution in [0, 0.1) is 0 Å². The molecule has 10 heteroatoms. The largest absolute Gasteiger partial charge is 0.291 e. The van der Waals surface area contributed by atoms with Crippen LogP contribution in [-0.4, -0.2) is 69.8 Å². The van der Waals surface area contributed by atoms with Crippen LogP contribution < -0.4 is 0 Å². The summed E-state index contributed by atoms with van der Waals surface area (Å²) in [5.41, 5.74) is 0.835. The third-order valence-corrected chi connectivity index (χ3v) is 5.67. The van der Waals surface area contributed by atoms with Crippen LogP contribution >= 0.6 is 11.6 Å². The molecular weight excluding hydrogens is 352 g/mol. The molecule has 0 spiro atoms. The van der Waals surface area contributed by atoms with Gasteiger partial charge in [0.05, 0.1) is 18.5 Å². The highest BCUT2D eigenvalue weighted by atomic mass is 35.5. The zero-order valence-corrected chi connectivity index (χ0v) is 15.1. The molecule has 2 heterocycles. The fourth-order valence-electron chi connectivity index (χ4n) is 2.77. The van der Waals surface area contributed by atoms with Crippen molar-refractivity contribution in [2.45, 2.75) is 19.5 Å². The van der Waals surface area contributed by atoms with Gasteiger partial charge in [-0.2, -0.15) is 8.99 Å². The molecule has 1 aromatic carbocycles. The minimum Gasteiger partial charge on any atom is -0.291 e. The minimum absolute atomic E-state index is 0.0869. The molecule has 0 N–H and O–H groups in total. The van der Waals surface area contributed by atoms with Crippen molar-refractivity contribution in [1.29, 1.82) is 0 Å². The Morgan fingerprint density at radius 2 is 1.96 bits per heavy atom. The highest BCUT2D eigenvalue weighted by molar-refractivity contribution is 7.88. The van der Waals surface area contributed by atoms with Crippen molar-refractivity contribution in [2.75, 3.05) is 25.9 Å². The Kier molecular flexibility index (Phi) is 4.86. The lowest BCUT2D eigenvalue weighted by Gasteiger charge is -2.38. The lowest BCUT2D eigenvalue weighted by atomic mass is 10.2. The molecule has 8 nitrogen and oxygen atoms in total. The first-order chi connectivity index (χ1) is 11.3. The van der Waals surface area contributed by atoms with E-state index in [0.717, 1.165) is 5.69 Å². The van der Waals surface area contributed by atoms with Gasteiger partial charge >= 0.3 is 0 Å². The molecule has 0 bridgehead atoms. The van der Waals surface area contributed by atoms with Crippen LogP contribution in [0.3, 0.4) is 0 Å². The summed E-state index contributed by atoms with van der Waals surface area (Å²) in [4.78, 5) is 2.18. The van der Waals surface area contributed by atoms with Crippen LogP contribution in [-0.2, 0) is 16.6 Å². The van der Waals surface area contributed by atoms with Gasteiger partial charge in [-0.1, -0.05) is 11.6 Å². The van der Waals surface area contributed by atoms with Crippen molar-refractivity contribution in [3.8, 4) is 5.69 Å². The molecule has 1 saturated heterocycles. The second-order valence-electron chi connectivity index (χ2n) is 5.92. The number of sulfonamides is 1. The Labute approximate surface area is 146 Å². The topological polar surface area (TPSA) is 84.2 Å². The van der Waals surface area contributed by atoms with Gasteiger partial charge in [0.15, 0.2) is 5.82 Å². The van der Waals surface area contributed by atoms with Gasteiger partial charge in [-0.15, -0.1) is 5.10 Å². The summed E-state index contributed by atoms with van der Waals surface area (Å²) in [6.07, 6.45) is 1.25. The molecule has 1 aliphatic heterocycles. The highest BCUT2D eigenvalue weighted by Crippen LogP contribution is 2.17. The molecule has 0 amide bonds. The van der Waals surface area contributed by atoms with E-state index in [-0.39, 0.29) is 6.04 Å². The Hall–Kier alpha value is -1.55. The third-order valence-electron chi connectivity index (χ3n) is 4.15. The van der Waals surface area contributed by atoms with E-state index in [4.69, 9.17) is 11.6 Å². The summed E-state index contributed by atoms with van der Waals surface area (Å²) in [7, 11) is -3.15. The van der Waals surface area contributed by atoms with E-state index in [9.17, 15) is 8.42 Å². The Balaban J connectivity index is 1.74. The molecule has 0 unspecified atom stereocenters. The number of hydrogen-bond donors (Lipinski definition) is 0. The second kappa shape index (κ2) is 6.75. The molecule has 24 heavy (non-hydrogen) atoms. The van der Waals surface area contributed by atoms with Crippen molar-refractivity contribution in [2.24, 2.45) is 0 Å². The fraction of sp³-hybridized carbons (Fsp3) is 0.500. The molecule has 1 fully saturated rings. The lowest BCUT2D eigenvalue weighted by molar-refractivity contribution is 0.118. The number of rotatable bonds is 4. The number of halogens is 1. The van der Waals surface area contributed by atoms with E-state index >= 15 is 0 Å².